The van der Waals surface area contributed by atoms with Gasteiger partial charge in [0.15, 0.2) is 0 Å². The molecule has 3 rings (SSSR count). The smallest absolute Gasteiger partial charge is 0.120 e. The van der Waals surface area contributed by atoms with E-state index >= 15 is 0 Å². The van der Waals surface area contributed by atoms with Crippen LogP contribution in [-0.4, -0.2) is 15.1 Å². The normalized spacial score (nSPS) is 10.7. The Balaban J connectivity index is 1.81. The van der Waals surface area contributed by atoms with E-state index in [-0.39, 0.29) is 5.75 Å². The number of hydrogen-bond donors (Lipinski definition) is 2. The topological polar surface area (TPSA) is 58.0 Å². The van der Waals surface area contributed by atoms with E-state index in [0.29, 0.717) is 11.6 Å². The minimum Gasteiger partial charge on any atom is -0.508 e. The zero-order valence-electron chi connectivity index (χ0n) is 10.5. The molecule has 100 valence electrons. The summed E-state index contributed by atoms with van der Waals surface area (Å²) in [6, 6.07) is 10.7. The quantitative estimate of drug-likeness (QED) is 0.772. The maximum absolute atomic E-state index is 9.76. The molecule has 0 spiro atoms. The minimum atomic E-state index is 0.225. The van der Waals surface area contributed by atoms with Crippen LogP contribution in [0.1, 0.15) is 5.56 Å². The minimum absolute atomic E-state index is 0.225. The van der Waals surface area contributed by atoms with Crippen molar-refractivity contribution in [3.05, 3.63) is 59.4 Å². The molecule has 0 unspecified atom stereocenters. The van der Waals surface area contributed by atoms with Crippen molar-refractivity contribution in [3.8, 4) is 5.75 Å². The van der Waals surface area contributed by atoms with Crippen molar-refractivity contribution in [1.82, 2.24) is 9.97 Å². The first-order valence-corrected chi connectivity index (χ1v) is 6.52. The summed E-state index contributed by atoms with van der Waals surface area (Å²) in [5, 5.41) is 13.6. The Kier molecular flexibility index (Phi) is 3.39. The van der Waals surface area contributed by atoms with Crippen molar-refractivity contribution in [3.63, 3.8) is 0 Å². The third-order valence-corrected chi connectivity index (χ3v) is 3.23. The highest BCUT2D eigenvalue weighted by atomic mass is 35.5. The summed E-state index contributed by atoms with van der Waals surface area (Å²) >= 11 is 5.92. The van der Waals surface area contributed by atoms with Gasteiger partial charge in [0.1, 0.15) is 5.75 Å². The number of halogens is 1. The molecule has 0 atom stereocenters. The summed E-state index contributed by atoms with van der Waals surface area (Å²) in [5.74, 6) is 0.225. The average Bonchev–Trinajstić information content (AvgIpc) is 2.48. The maximum Gasteiger partial charge on any atom is 0.120 e. The first-order chi connectivity index (χ1) is 9.72. The number of aromatic nitrogens is 2. The molecule has 0 saturated heterocycles. The second-order valence-electron chi connectivity index (χ2n) is 4.39. The average molecular weight is 286 g/mol. The zero-order valence-corrected chi connectivity index (χ0v) is 11.3. The largest absolute Gasteiger partial charge is 0.508 e. The lowest BCUT2D eigenvalue weighted by atomic mass is 10.2. The summed E-state index contributed by atoms with van der Waals surface area (Å²) < 4.78 is 0. The predicted molar refractivity (Wildman–Crippen MR) is 80.0 cm³/mol. The molecule has 0 aliphatic rings. The van der Waals surface area contributed by atoms with Crippen LogP contribution in [0.25, 0.3) is 11.0 Å². The van der Waals surface area contributed by atoms with Crippen LogP contribution < -0.4 is 5.32 Å². The van der Waals surface area contributed by atoms with Crippen LogP contribution in [0.2, 0.25) is 5.02 Å². The number of rotatable bonds is 3. The van der Waals surface area contributed by atoms with Gasteiger partial charge in [0.05, 0.1) is 11.0 Å². The molecule has 0 amide bonds. The summed E-state index contributed by atoms with van der Waals surface area (Å²) in [7, 11) is 0. The van der Waals surface area contributed by atoms with Gasteiger partial charge in [-0.15, -0.1) is 0 Å². The first kappa shape index (κ1) is 12.7. The molecule has 0 bridgehead atoms. The molecule has 0 radical (unpaired) electrons. The van der Waals surface area contributed by atoms with E-state index in [9.17, 15) is 5.11 Å². The highest BCUT2D eigenvalue weighted by Crippen LogP contribution is 2.23. The van der Waals surface area contributed by atoms with Gasteiger partial charge in [-0.3, -0.25) is 9.97 Å². The number of phenols is 1. The Labute approximate surface area is 121 Å². The fourth-order valence-corrected chi connectivity index (χ4v) is 2.16. The Bertz CT molecular complexity index is 761. The molecule has 0 aliphatic carbocycles. The number of aromatic hydroxyl groups is 1. The molecule has 20 heavy (non-hydrogen) atoms. The van der Waals surface area contributed by atoms with Crippen LogP contribution in [0.3, 0.4) is 0 Å². The highest BCUT2D eigenvalue weighted by Gasteiger charge is 2.03. The lowest BCUT2D eigenvalue weighted by Crippen LogP contribution is -2.00. The van der Waals surface area contributed by atoms with Crippen molar-refractivity contribution >= 4 is 28.3 Å². The SMILES string of the molecule is Oc1ccc(Cl)cc1CNc1ccc2nccnc2c1. The summed E-state index contributed by atoms with van der Waals surface area (Å²) in [6.07, 6.45) is 3.33. The van der Waals surface area contributed by atoms with Crippen LogP contribution in [0.15, 0.2) is 48.8 Å². The number of phenolic OH excluding ortho intramolecular Hbond substituents is 1. The van der Waals surface area contributed by atoms with Crippen molar-refractivity contribution in [1.29, 1.82) is 0 Å². The third-order valence-electron chi connectivity index (χ3n) is 2.99. The van der Waals surface area contributed by atoms with E-state index in [4.69, 9.17) is 11.6 Å². The van der Waals surface area contributed by atoms with Crippen LogP contribution in [0.4, 0.5) is 5.69 Å². The lowest BCUT2D eigenvalue weighted by Gasteiger charge is -2.09. The number of nitrogens with one attached hydrogen (secondary N) is 1. The van der Waals surface area contributed by atoms with Crippen molar-refractivity contribution in [2.24, 2.45) is 0 Å². The van der Waals surface area contributed by atoms with E-state index in [2.05, 4.69) is 15.3 Å². The number of benzene rings is 2. The molecule has 1 aromatic heterocycles. The summed E-state index contributed by atoms with van der Waals surface area (Å²) in [4.78, 5) is 8.47. The molecular weight excluding hydrogens is 274 g/mol. The van der Waals surface area contributed by atoms with Crippen LogP contribution >= 0.6 is 11.6 Å². The van der Waals surface area contributed by atoms with E-state index < -0.39 is 0 Å². The van der Waals surface area contributed by atoms with E-state index in [0.717, 1.165) is 22.3 Å². The van der Waals surface area contributed by atoms with Gasteiger partial charge in [0.25, 0.3) is 0 Å². The van der Waals surface area contributed by atoms with E-state index in [1.807, 2.05) is 18.2 Å². The molecule has 2 aromatic carbocycles. The molecule has 4 nitrogen and oxygen atoms in total. The zero-order chi connectivity index (χ0) is 13.9. The summed E-state index contributed by atoms with van der Waals surface area (Å²) in [6.45, 7) is 0.484. The Morgan fingerprint density at radius 2 is 1.80 bits per heavy atom. The highest BCUT2D eigenvalue weighted by molar-refractivity contribution is 6.30. The Morgan fingerprint density at radius 1 is 1.00 bits per heavy atom. The van der Waals surface area contributed by atoms with Crippen molar-refractivity contribution in [2.75, 3.05) is 5.32 Å². The molecule has 0 aliphatic heterocycles. The molecule has 2 N–H and O–H groups in total. The van der Waals surface area contributed by atoms with Crippen molar-refractivity contribution in [2.45, 2.75) is 6.54 Å². The standard InChI is InChI=1S/C15H12ClN3O/c16-11-1-4-15(20)10(7-11)9-19-12-2-3-13-14(8-12)18-6-5-17-13/h1-8,19-20H,9H2. The molecule has 3 aromatic rings. The fraction of sp³-hybridized carbons (Fsp3) is 0.0667. The number of nitrogens with zero attached hydrogens (tertiary/aromatic N) is 2. The fourth-order valence-electron chi connectivity index (χ4n) is 1.97. The van der Waals surface area contributed by atoms with Gasteiger partial charge in [-0.1, -0.05) is 11.6 Å². The van der Waals surface area contributed by atoms with Gasteiger partial charge in [-0.25, -0.2) is 0 Å². The van der Waals surface area contributed by atoms with Gasteiger partial charge in [-0.2, -0.15) is 0 Å². The number of hydrogen-bond acceptors (Lipinski definition) is 4. The van der Waals surface area contributed by atoms with Crippen LogP contribution in [0, 0.1) is 0 Å². The predicted octanol–water partition coefficient (Wildman–Crippen LogP) is 3.60. The van der Waals surface area contributed by atoms with Gasteiger partial charge in [0.2, 0.25) is 0 Å². The monoisotopic (exact) mass is 285 g/mol. The lowest BCUT2D eigenvalue weighted by molar-refractivity contribution is 0.469. The van der Waals surface area contributed by atoms with E-state index in [1.165, 1.54) is 0 Å². The summed E-state index contributed by atoms with van der Waals surface area (Å²) in [5.41, 5.74) is 3.34. The van der Waals surface area contributed by atoms with Gasteiger partial charge < -0.3 is 10.4 Å². The maximum atomic E-state index is 9.76. The Morgan fingerprint density at radius 3 is 2.65 bits per heavy atom. The van der Waals surface area contributed by atoms with Crippen LogP contribution in [-0.2, 0) is 6.54 Å². The number of fused-ring (bicyclic) bond motifs is 1. The Hall–Kier alpha value is -2.33. The van der Waals surface area contributed by atoms with E-state index in [1.54, 1.807) is 30.6 Å². The molecular formula is C15H12ClN3O. The second-order valence-corrected chi connectivity index (χ2v) is 4.82. The first-order valence-electron chi connectivity index (χ1n) is 6.14. The number of anilines is 1. The third kappa shape index (κ3) is 2.65. The molecule has 0 saturated carbocycles. The van der Waals surface area contributed by atoms with Gasteiger partial charge in [0, 0.05) is 35.2 Å². The van der Waals surface area contributed by atoms with Crippen LogP contribution in [0.5, 0.6) is 5.75 Å². The molecule has 0 fully saturated rings. The van der Waals surface area contributed by atoms with Gasteiger partial charge in [-0.05, 0) is 36.4 Å². The molecule has 5 heteroatoms. The van der Waals surface area contributed by atoms with Crippen molar-refractivity contribution < 1.29 is 5.11 Å². The molecule has 1 heterocycles. The second kappa shape index (κ2) is 5.35. The van der Waals surface area contributed by atoms with Gasteiger partial charge >= 0.3 is 0 Å².